The number of carbonyl (C=O) groups excluding carboxylic acids is 1. The summed E-state index contributed by atoms with van der Waals surface area (Å²) in [6.45, 7) is 0. The van der Waals surface area contributed by atoms with Crippen molar-refractivity contribution >= 4 is 28.8 Å². The Morgan fingerprint density at radius 3 is 2.15 bits per heavy atom. The summed E-state index contributed by atoms with van der Waals surface area (Å²) in [5.41, 5.74) is 2.90. The molecule has 0 unspecified atom stereocenters. The van der Waals surface area contributed by atoms with Crippen molar-refractivity contribution in [3.8, 4) is 5.75 Å². The van der Waals surface area contributed by atoms with Crippen LogP contribution in [0, 0.1) is 0 Å². The Morgan fingerprint density at radius 1 is 0.926 bits per heavy atom. The quantitative estimate of drug-likeness (QED) is 0.697. The van der Waals surface area contributed by atoms with Gasteiger partial charge in [-0.2, -0.15) is 0 Å². The van der Waals surface area contributed by atoms with Gasteiger partial charge < -0.3 is 20.3 Å². The molecule has 0 radical (unpaired) electrons. The van der Waals surface area contributed by atoms with Crippen molar-refractivity contribution in [2.24, 2.45) is 0 Å². The van der Waals surface area contributed by atoms with E-state index in [4.69, 9.17) is 4.74 Å². The maximum absolute atomic E-state index is 12.3. The highest BCUT2D eigenvalue weighted by molar-refractivity contribution is 6.02. The number of rotatable bonds is 6. The first kappa shape index (κ1) is 18.2. The Hall–Kier alpha value is -3.61. The van der Waals surface area contributed by atoms with Gasteiger partial charge in [-0.3, -0.25) is 4.79 Å². The lowest BCUT2D eigenvalue weighted by atomic mass is 10.2. The second kappa shape index (κ2) is 8.18. The number of methoxy groups -OCH3 is 1. The number of nitrogens with zero attached hydrogens (tertiary/aromatic N) is 3. The van der Waals surface area contributed by atoms with Gasteiger partial charge in [0.1, 0.15) is 17.3 Å². The molecular weight excluding hydrogens is 342 g/mol. The fraction of sp³-hybridized carbons (Fsp3) is 0.150. The van der Waals surface area contributed by atoms with E-state index < -0.39 is 0 Å². The average molecular weight is 363 g/mol. The van der Waals surface area contributed by atoms with E-state index in [9.17, 15) is 4.79 Å². The molecule has 0 aliphatic heterocycles. The Labute approximate surface area is 158 Å². The SMILES string of the molecule is COc1ccc(NC(=O)c2cnc(Nc3ccc(N(C)C)cc3)cn2)cc1. The fourth-order valence-electron chi connectivity index (χ4n) is 2.37. The lowest BCUT2D eigenvalue weighted by Crippen LogP contribution is -2.14. The standard InChI is InChI=1S/C20H21N5O2/c1-25(2)16-8-4-14(5-9-16)23-19-13-21-18(12-22-19)20(26)24-15-6-10-17(27-3)11-7-15/h4-13H,1-3H3,(H,22,23)(H,24,26). The summed E-state index contributed by atoms with van der Waals surface area (Å²) in [5.74, 6) is 0.963. The number of nitrogens with one attached hydrogen (secondary N) is 2. The highest BCUT2D eigenvalue weighted by Gasteiger charge is 2.09. The highest BCUT2D eigenvalue weighted by Crippen LogP contribution is 2.19. The zero-order valence-corrected chi connectivity index (χ0v) is 15.4. The first-order chi connectivity index (χ1) is 13.0. The molecule has 0 atom stereocenters. The first-order valence-electron chi connectivity index (χ1n) is 8.37. The van der Waals surface area contributed by atoms with Crippen LogP contribution < -0.4 is 20.3 Å². The van der Waals surface area contributed by atoms with Crippen LogP contribution in [-0.2, 0) is 0 Å². The van der Waals surface area contributed by atoms with Gasteiger partial charge in [0.2, 0.25) is 0 Å². The summed E-state index contributed by atoms with van der Waals surface area (Å²) in [7, 11) is 5.57. The van der Waals surface area contributed by atoms with E-state index in [0.29, 0.717) is 11.5 Å². The number of carbonyl (C=O) groups is 1. The van der Waals surface area contributed by atoms with Gasteiger partial charge >= 0.3 is 0 Å². The molecule has 1 aromatic heterocycles. The van der Waals surface area contributed by atoms with Gasteiger partial charge in [-0.15, -0.1) is 0 Å². The third-order valence-corrected chi connectivity index (χ3v) is 3.89. The maximum atomic E-state index is 12.3. The van der Waals surface area contributed by atoms with Crippen molar-refractivity contribution in [1.82, 2.24) is 9.97 Å². The van der Waals surface area contributed by atoms with Crippen LogP contribution in [0.2, 0.25) is 0 Å². The number of hydrogen-bond acceptors (Lipinski definition) is 6. The molecule has 0 spiro atoms. The number of benzene rings is 2. The average Bonchev–Trinajstić information content (AvgIpc) is 2.69. The molecule has 0 saturated heterocycles. The molecule has 7 heteroatoms. The zero-order valence-electron chi connectivity index (χ0n) is 15.4. The van der Waals surface area contributed by atoms with Crippen molar-refractivity contribution in [1.29, 1.82) is 0 Å². The summed E-state index contributed by atoms with van der Waals surface area (Å²) in [5, 5.41) is 5.93. The normalized spacial score (nSPS) is 10.2. The smallest absolute Gasteiger partial charge is 0.275 e. The van der Waals surface area contributed by atoms with Crippen molar-refractivity contribution in [3.63, 3.8) is 0 Å². The van der Waals surface area contributed by atoms with E-state index in [1.807, 2.05) is 43.3 Å². The van der Waals surface area contributed by atoms with E-state index in [1.54, 1.807) is 31.4 Å². The Morgan fingerprint density at radius 2 is 1.59 bits per heavy atom. The highest BCUT2D eigenvalue weighted by atomic mass is 16.5. The van der Waals surface area contributed by atoms with E-state index in [2.05, 4.69) is 20.6 Å². The van der Waals surface area contributed by atoms with Gasteiger partial charge in [0, 0.05) is 31.2 Å². The predicted octanol–water partition coefficient (Wildman–Crippen LogP) is 3.55. The summed E-state index contributed by atoms with van der Waals surface area (Å²) in [4.78, 5) is 22.7. The lowest BCUT2D eigenvalue weighted by molar-refractivity contribution is 0.102. The molecule has 0 fully saturated rings. The molecule has 0 bridgehead atoms. The third-order valence-electron chi connectivity index (χ3n) is 3.89. The molecule has 3 aromatic rings. The van der Waals surface area contributed by atoms with E-state index in [0.717, 1.165) is 17.1 Å². The molecule has 2 N–H and O–H groups in total. The first-order valence-corrected chi connectivity index (χ1v) is 8.37. The minimum absolute atomic E-state index is 0.235. The molecule has 2 aromatic carbocycles. The van der Waals surface area contributed by atoms with Crippen LogP contribution in [-0.4, -0.2) is 37.1 Å². The second-order valence-corrected chi connectivity index (χ2v) is 6.04. The van der Waals surface area contributed by atoms with Crippen LogP contribution in [0.15, 0.2) is 60.9 Å². The summed E-state index contributed by atoms with van der Waals surface area (Å²) in [6.07, 6.45) is 2.97. The molecule has 0 saturated carbocycles. The monoisotopic (exact) mass is 363 g/mol. The van der Waals surface area contributed by atoms with Crippen molar-refractivity contribution in [3.05, 3.63) is 66.6 Å². The Bertz CT molecular complexity index is 891. The molecular formula is C20H21N5O2. The predicted molar refractivity (Wildman–Crippen MR) is 107 cm³/mol. The van der Waals surface area contributed by atoms with Crippen molar-refractivity contribution < 1.29 is 9.53 Å². The summed E-state index contributed by atoms with van der Waals surface area (Å²) < 4.78 is 5.09. The van der Waals surface area contributed by atoms with Gasteiger partial charge in [0.25, 0.3) is 5.91 Å². The largest absolute Gasteiger partial charge is 0.497 e. The van der Waals surface area contributed by atoms with Crippen molar-refractivity contribution in [2.75, 3.05) is 36.7 Å². The van der Waals surface area contributed by atoms with Gasteiger partial charge in [0.05, 0.1) is 19.5 Å². The van der Waals surface area contributed by atoms with Crippen LogP contribution in [0.3, 0.4) is 0 Å². The number of amides is 1. The number of anilines is 4. The Kier molecular flexibility index (Phi) is 5.51. The molecule has 0 aliphatic rings. The van der Waals surface area contributed by atoms with E-state index in [-0.39, 0.29) is 11.6 Å². The number of ether oxygens (including phenoxy) is 1. The fourth-order valence-corrected chi connectivity index (χ4v) is 2.37. The number of hydrogen-bond donors (Lipinski definition) is 2. The minimum atomic E-state index is -0.324. The molecule has 1 amide bonds. The van der Waals surface area contributed by atoms with Gasteiger partial charge in [-0.25, -0.2) is 9.97 Å². The second-order valence-electron chi connectivity index (χ2n) is 6.04. The Balaban J connectivity index is 1.62. The van der Waals surface area contributed by atoms with E-state index in [1.165, 1.54) is 12.4 Å². The van der Waals surface area contributed by atoms with Gasteiger partial charge in [0.15, 0.2) is 0 Å². The molecule has 0 aliphatic carbocycles. The van der Waals surface area contributed by atoms with Gasteiger partial charge in [-0.1, -0.05) is 0 Å². The molecule has 1 heterocycles. The van der Waals surface area contributed by atoms with Gasteiger partial charge in [-0.05, 0) is 48.5 Å². The van der Waals surface area contributed by atoms with Crippen LogP contribution in [0.25, 0.3) is 0 Å². The molecule has 3 rings (SSSR count). The molecule has 27 heavy (non-hydrogen) atoms. The van der Waals surface area contributed by atoms with Crippen molar-refractivity contribution in [2.45, 2.75) is 0 Å². The topological polar surface area (TPSA) is 79.4 Å². The summed E-state index contributed by atoms with van der Waals surface area (Å²) in [6, 6.07) is 15.0. The molecule has 138 valence electrons. The number of aromatic nitrogens is 2. The molecule has 7 nitrogen and oxygen atoms in total. The zero-order chi connectivity index (χ0) is 19.2. The maximum Gasteiger partial charge on any atom is 0.275 e. The third kappa shape index (κ3) is 4.72. The van der Waals surface area contributed by atoms with Crippen LogP contribution >= 0.6 is 0 Å². The van der Waals surface area contributed by atoms with Crippen LogP contribution in [0.1, 0.15) is 10.5 Å². The van der Waals surface area contributed by atoms with Crippen LogP contribution in [0.5, 0.6) is 5.75 Å². The lowest BCUT2D eigenvalue weighted by Gasteiger charge is -2.13. The van der Waals surface area contributed by atoms with Crippen LogP contribution in [0.4, 0.5) is 22.9 Å². The van der Waals surface area contributed by atoms with E-state index >= 15 is 0 Å². The minimum Gasteiger partial charge on any atom is -0.497 e. The summed E-state index contributed by atoms with van der Waals surface area (Å²) >= 11 is 0.